The van der Waals surface area contributed by atoms with Gasteiger partial charge in [-0.15, -0.1) is 0 Å². The number of carbonyl (C=O) groups excluding carboxylic acids is 2. The van der Waals surface area contributed by atoms with Gasteiger partial charge in [0.05, 0.1) is 12.7 Å². The summed E-state index contributed by atoms with van der Waals surface area (Å²) in [5.74, 6) is -0.593. The van der Waals surface area contributed by atoms with Crippen LogP contribution in [0, 0.1) is 6.92 Å². The van der Waals surface area contributed by atoms with Crippen molar-refractivity contribution in [1.82, 2.24) is 15.8 Å². The zero-order valence-electron chi connectivity index (χ0n) is 12.0. The van der Waals surface area contributed by atoms with Crippen LogP contribution in [0.15, 0.2) is 47.2 Å². The van der Waals surface area contributed by atoms with E-state index < -0.39 is 5.91 Å². The molecule has 6 heteroatoms. The van der Waals surface area contributed by atoms with Crippen LogP contribution in [0.3, 0.4) is 0 Å². The first-order valence-electron chi connectivity index (χ1n) is 6.83. The van der Waals surface area contributed by atoms with Crippen LogP contribution < -0.4 is 10.9 Å². The van der Waals surface area contributed by atoms with E-state index in [0.29, 0.717) is 5.56 Å². The van der Waals surface area contributed by atoms with Gasteiger partial charge in [-0.05, 0) is 24.6 Å². The third-order valence-corrected chi connectivity index (χ3v) is 3.41. The number of hydrogen-bond donors (Lipinski definition) is 3. The lowest BCUT2D eigenvalue weighted by atomic mass is 10.1. The van der Waals surface area contributed by atoms with Crippen molar-refractivity contribution in [3.63, 3.8) is 0 Å². The molecule has 3 rings (SSSR count). The Morgan fingerprint density at radius 2 is 2.00 bits per heavy atom. The molecule has 6 nitrogen and oxygen atoms in total. The normalized spacial score (nSPS) is 10.6. The predicted octanol–water partition coefficient (Wildman–Crippen LogP) is 2.07. The van der Waals surface area contributed by atoms with E-state index in [2.05, 4.69) is 15.8 Å². The molecular formula is C16H15N3O3. The maximum Gasteiger partial charge on any atom is 0.305 e. The minimum Gasteiger partial charge on any atom is -0.459 e. The molecule has 0 bridgehead atoms. The highest BCUT2D eigenvalue weighted by molar-refractivity contribution is 5.95. The third kappa shape index (κ3) is 2.71. The summed E-state index contributed by atoms with van der Waals surface area (Å²) in [6.07, 6.45) is 3.39. The van der Waals surface area contributed by atoms with Crippen molar-refractivity contribution >= 4 is 22.7 Å². The molecule has 0 aliphatic heterocycles. The molecule has 2 amide bonds. The number of para-hydroxylation sites is 1. The Kier molecular flexibility index (Phi) is 3.65. The maximum absolute atomic E-state index is 11.9. The summed E-state index contributed by atoms with van der Waals surface area (Å²) >= 11 is 0. The number of aromatic amines is 1. The van der Waals surface area contributed by atoms with Crippen LogP contribution in [-0.2, 0) is 11.2 Å². The smallest absolute Gasteiger partial charge is 0.305 e. The van der Waals surface area contributed by atoms with Gasteiger partial charge in [-0.3, -0.25) is 20.4 Å². The molecule has 1 aromatic carbocycles. The van der Waals surface area contributed by atoms with Gasteiger partial charge in [0.15, 0.2) is 5.76 Å². The average Bonchev–Trinajstić information content (AvgIpc) is 3.12. The zero-order chi connectivity index (χ0) is 15.5. The molecule has 0 unspecified atom stereocenters. The molecule has 0 saturated carbocycles. The first kappa shape index (κ1) is 13.9. The number of hydrogen-bond acceptors (Lipinski definition) is 3. The van der Waals surface area contributed by atoms with Gasteiger partial charge in [0.25, 0.3) is 0 Å². The Morgan fingerprint density at radius 1 is 1.18 bits per heavy atom. The van der Waals surface area contributed by atoms with Crippen LogP contribution in [0.1, 0.15) is 21.7 Å². The summed E-state index contributed by atoms with van der Waals surface area (Å²) < 4.78 is 5.05. The fourth-order valence-electron chi connectivity index (χ4n) is 2.28. The minimum absolute atomic E-state index is 0.168. The number of fused-ring (bicyclic) bond motifs is 1. The SMILES string of the molecule is Cc1ccoc1C(=O)NNC(=O)Cc1c[nH]c2ccccc12. The number of H-pyrrole nitrogens is 1. The van der Waals surface area contributed by atoms with Crippen molar-refractivity contribution in [3.05, 3.63) is 59.7 Å². The summed E-state index contributed by atoms with van der Waals surface area (Å²) in [5.41, 5.74) is 7.29. The van der Waals surface area contributed by atoms with E-state index >= 15 is 0 Å². The van der Waals surface area contributed by atoms with E-state index in [1.807, 2.05) is 24.3 Å². The molecule has 112 valence electrons. The van der Waals surface area contributed by atoms with Gasteiger partial charge >= 0.3 is 5.91 Å². The second kappa shape index (κ2) is 5.77. The fourth-order valence-corrected chi connectivity index (χ4v) is 2.28. The van der Waals surface area contributed by atoms with E-state index in [9.17, 15) is 9.59 Å². The van der Waals surface area contributed by atoms with Crippen LogP contribution in [0.4, 0.5) is 0 Å². The largest absolute Gasteiger partial charge is 0.459 e. The van der Waals surface area contributed by atoms with Crippen LogP contribution in [0.25, 0.3) is 10.9 Å². The lowest BCUT2D eigenvalue weighted by Gasteiger charge is -2.06. The molecule has 0 aliphatic carbocycles. The van der Waals surface area contributed by atoms with Crippen molar-refractivity contribution in [3.8, 4) is 0 Å². The Labute approximate surface area is 126 Å². The molecule has 0 saturated heterocycles. The zero-order valence-corrected chi connectivity index (χ0v) is 12.0. The molecule has 3 aromatic rings. The summed E-state index contributed by atoms with van der Waals surface area (Å²) in [6.45, 7) is 1.76. The van der Waals surface area contributed by atoms with Crippen molar-refractivity contribution in [2.45, 2.75) is 13.3 Å². The van der Waals surface area contributed by atoms with Crippen molar-refractivity contribution in [2.24, 2.45) is 0 Å². The molecule has 2 heterocycles. The monoisotopic (exact) mass is 297 g/mol. The second-order valence-electron chi connectivity index (χ2n) is 4.97. The van der Waals surface area contributed by atoms with E-state index in [-0.39, 0.29) is 18.1 Å². The molecule has 3 N–H and O–H groups in total. The molecule has 0 radical (unpaired) electrons. The predicted molar refractivity (Wildman–Crippen MR) is 81.1 cm³/mol. The lowest BCUT2D eigenvalue weighted by molar-refractivity contribution is -0.121. The number of aryl methyl sites for hydroxylation is 1. The van der Waals surface area contributed by atoms with Gasteiger partial charge in [-0.1, -0.05) is 18.2 Å². The molecular weight excluding hydrogens is 282 g/mol. The minimum atomic E-state index is -0.477. The molecule has 22 heavy (non-hydrogen) atoms. The summed E-state index contributed by atoms with van der Waals surface area (Å²) in [5, 5.41) is 0.992. The van der Waals surface area contributed by atoms with Gasteiger partial charge in [-0.2, -0.15) is 0 Å². The summed E-state index contributed by atoms with van der Waals surface area (Å²) in [6, 6.07) is 9.41. The Bertz CT molecular complexity index is 832. The van der Waals surface area contributed by atoms with E-state index in [4.69, 9.17) is 4.42 Å². The highest BCUT2D eigenvalue weighted by Gasteiger charge is 2.14. The number of carbonyl (C=O) groups is 2. The first-order valence-corrected chi connectivity index (χ1v) is 6.83. The van der Waals surface area contributed by atoms with Crippen LogP contribution in [-0.4, -0.2) is 16.8 Å². The molecule has 0 fully saturated rings. The highest BCUT2D eigenvalue weighted by Crippen LogP contribution is 2.17. The number of nitrogens with one attached hydrogen (secondary N) is 3. The Hall–Kier alpha value is -3.02. The first-order chi connectivity index (χ1) is 10.6. The molecule has 0 aliphatic rings. The van der Waals surface area contributed by atoms with Crippen molar-refractivity contribution < 1.29 is 14.0 Å². The van der Waals surface area contributed by atoms with Gasteiger partial charge < -0.3 is 9.40 Å². The second-order valence-corrected chi connectivity index (χ2v) is 4.97. The van der Waals surface area contributed by atoms with Crippen LogP contribution in [0.5, 0.6) is 0 Å². The quantitative estimate of drug-likeness (QED) is 0.647. The number of rotatable bonds is 3. The Morgan fingerprint density at radius 3 is 2.77 bits per heavy atom. The molecule has 2 aromatic heterocycles. The number of benzene rings is 1. The van der Waals surface area contributed by atoms with E-state index in [1.54, 1.807) is 19.2 Å². The highest BCUT2D eigenvalue weighted by atomic mass is 16.3. The van der Waals surface area contributed by atoms with Gasteiger partial charge in [0, 0.05) is 22.7 Å². The van der Waals surface area contributed by atoms with Crippen molar-refractivity contribution in [1.29, 1.82) is 0 Å². The van der Waals surface area contributed by atoms with E-state index in [0.717, 1.165) is 16.5 Å². The number of amides is 2. The molecule has 0 atom stereocenters. The van der Waals surface area contributed by atoms with Crippen LogP contribution >= 0.6 is 0 Å². The lowest BCUT2D eigenvalue weighted by Crippen LogP contribution is -2.42. The standard InChI is InChI=1S/C16H15N3O3/c1-10-6-7-22-15(10)16(21)19-18-14(20)8-11-9-17-13-5-3-2-4-12(11)13/h2-7,9,17H,8H2,1H3,(H,18,20)(H,19,21). The van der Waals surface area contributed by atoms with Gasteiger partial charge in [0.2, 0.25) is 5.91 Å². The third-order valence-electron chi connectivity index (χ3n) is 3.41. The Balaban J connectivity index is 1.61. The number of hydrazine groups is 1. The fraction of sp³-hybridized carbons (Fsp3) is 0.125. The van der Waals surface area contributed by atoms with Gasteiger partial charge in [-0.25, -0.2) is 0 Å². The maximum atomic E-state index is 11.9. The average molecular weight is 297 g/mol. The number of aromatic nitrogens is 1. The van der Waals surface area contributed by atoms with Crippen LogP contribution in [0.2, 0.25) is 0 Å². The number of furan rings is 1. The molecule has 0 spiro atoms. The van der Waals surface area contributed by atoms with Gasteiger partial charge in [0.1, 0.15) is 0 Å². The summed E-state index contributed by atoms with van der Waals surface area (Å²) in [7, 11) is 0. The van der Waals surface area contributed by atoms with Crippen molar-refractivity contribution in [2.75, 3.05) is 0 Å². The van der Waals surface area contributed by atoms with E-state index in [1.165, 1.54) is 6.26 Å². The topological polar surface area (TPSA) is 87.1 Å². The summed E-state index contributed by atoms with van der Waals surface area (Å²) in [4.78, 5) is 26.9.